The summed E-state index contributed by atoms with van der Waals surface area (Å²) in [4.78, 5) is 0. The van der Waals surface area contributed by atoms with E-state index in [2.05, 4.69) is 78.0 Å². The first-order valence-corrected chi connectivity index (χ1v) is 8.23. The fourth-order valence-corrected chi connectivity index (χ4v) is 5.43. The molecular formula is C22H24. The van der Waals surface area contributed by atoms with Crippen molar-refractivity contribution in [2.24, 2.45) is 10.8 Å². The third kappa shape index (κ3) is 1.26. The minimum atomic E-state index is 0.0425. The van der Waals surface area contributed by atoms with Gasteiger partial charge in [0, 0.05) is 10.8 Å². The van der Waals surface area contributed by atoms with Crippen molar-refractivity contribution in [3.63, 3.8) is 0 Å². The van der Waals surface area contributed by atoms with E-state index in [9.17, 15) is 0 Å². The highest BCUT2D eigenvalue weighted by Gasteiger charge is 2.57. The molecule has 0 spiro atoms. The molecule has 112 valence electrons. The van der Waals surface area contributed by atoms with E-state index in [0.29, 0.717) is 0 Å². The second-order valence-electron chi connectivity index (χ2n) is 7.59. The first kappa shape index (κ1) is 13.8. The van der Waals surface area contributed by atoms with Crippen LogP contribution < -0.4 is 0 Å². The van der Waals surface area contributed by atoms with Gasteiger partial charge in [-0.1, -0.05) is 50.3 Å². The third-order valence-electron chi connectivity index (χ3n) is 6.55. The van der Waals surface area contributed by atoms with E-state index in [-0.39, 0.29) is 10.8 Å². The molecule has 4 aliphatic rings. The van der Waals surface area contributed by atoms with E-state index in [4.69, 9.17) is 0 Å². The van der Waals surface area contributed by atoms with Crippen molar-refractivity contribution in [2.45, 2.75) is 41.5 Å². The summed E-state index contributed by atoms with van der Waals surface area (Å²) in [5.41, 5.74) is 11.7. The Morgan fingerprint density at radius 2 is 1.00 bits per heavy atom. The zero-order chi connectivity index (χ0) is 15.9. The smallest absolute Gasteiger partial charge is 0.0314 e. The third-order valence-corrected chi connectivity index (χ3v) is 6.55. The largest absolute Gasteiger partial charge is 0.0575 e. The highest BCUT2D eigenvalue weighted by Crippen LogP contribution is 2.67. The van der Waals surface area contributed by atoms with Gasteiger partial charge < -0.3 is 0 Å². The summed E-state index contributed by atoms with van der Waals surface area (Å²) in [6, 6.07) is 0. The first-order valence-electron chi connectivity index (χ1n) is 8.23. The van der Waals surface area contributed by atoms with Crippen LogP contribution >= 0.6 is 0 Å². The molecule has 0 radical (unpaired) electrons. The van der Waals surface area contributed by atoms with Crippen LogP contribution in [0.4, 0.5) is 0 Å². The van der Waals surface area contributed by atoms with Crippen molar-refractivity contribution in [3.8, 4) is 0 Å². The molecule has 0 fully saturated rings. The van der Waals surface area contributed by atoms with Crippen molar-refractivity contribution < 1.29 is 0 Å². The van der Waals surface area contributed by atoms with E-state index in [0.717, 1.165) is 0 Å². The van der Waals surface area contributed by atoms with Gasteiger partial charge in [-0.25, -0.2) is 0 Å². The summed E-state index contributed by atoms with van der Waals surface area (Å²) >= 11 is 0. The zero-order valence-electron chi connectivity index (χ0n) is 14.5. The minimum Gasteiger partial charge on any atom is -0.0575 e. The number of rotatable bonds is 0. The fourth-order valence-electron chi connectivity index (χ4n) is 5.43. The second-order valence-corrected chi connectivity index (χ2v) is 7.59. The van der Waals surface area contributed by atoms with Crippen molar-refractivity contribution in [1.82, 2.24) is 0 Å². The lowest BCUT2D eigenvalue weighted by atomic mass is 9.44. The molecule has 2 atom stereocenters. The molecule has 0 aromatic carbocycles. The van der Waals surface area contributed by atoms with Gasteiger partial charge in [0.2, 0.25) is 0 Å². The maximum absolute atomic E-state index is 2.45. The van der Waals surface area contributed by atoms with Gasteiger partial charge in [0.25, 0.3) is 0 Å². The molecule has 0 amide bonds. The van der Waals surface area contributed by atoms with Gasteiger partial charge in [-0.3, -0.25) is 0 Å². The van der Waals surface area contributed by atoms with Crippen LogP contribution in [0.1, 0.15) is 41.5 Å². The standard InChI is InChI=1S/C22H24/c1-13-11-14(2)18-9-10-20-16(4)12-15(3)19-8-7-17(13)21(18,5)22(19,20)6/h7-12H,1-6H3. The van der Waals surface area contributed by atoms with Crippen LogP contribution in [0.5, 0.6) is 0 Å². The molecule has 0 aromatic rings. The highest BCUT2D eigenvalue weighted by molar-refractivity contribution is 5.71. The SMILES string of the molecule is CC1=CC(C)=C2C=CC3=C(C)C=C(C)C4=CC=C1C2(C)C43C. The van der Waals surface area contributed by atoms with Crippen molar-refractivity contribution >= 4 is 0 Å². The van der Waals surface area contributed by atoms with Crippen LogP contribution in [0.25, 0.3) is 0 Å². The molecular weight excluding hydrogens is 264 g/mol. The van der Waals surface area contributed by atoms with Crippen LogP contribution in [0.2, 0.25) is 0 Å². The summed E-state index contributed by atoms with van der Waals surface area (Å²) in [6.07, 6.45) is 14.2. The Kier molecular flexibility index (Phi) is 2.47. The summed E-state index contributed by atoms with van der Waals surface area (Å²) < 4.78 is 0. The lowest BCUT2D eigenvalue weighted by molar-refractivity contribution is 0.241. The Hall–Kier alpha value is -1.82. The normalized spacial score (nSPS) is 35.7. The van der Waals surface area contributed by atoms with Crippen LogP contribution in [0.15, 0.2) is 81.0 Å². The van der Waals surface area contributed by atoms with Gasteiger partial charge in [-0.05, 0) is 72.3 Å². The van der Waals surface area contributed by atoms with Gasteiger partial charge in [0.05, 0.1) is 0 Å². The summed E-state index contributed by atoms with van der Waals surface area (Å²) in [5.74, 6) is 0. The second kappa shape index (κ2) is 3.93. The van der Waals surface area contributed by atoms with Crippen LogP contribution in [0.3, 0.4) is 0 Å². The van der Waals surface area contributed by atoms with Gasteiger partial charge in [-0.15, -0.1) is 0 Å². The maximum Gasteiger partial charge on any atom is 0.0314 e. The Morgan fingerprint density at radius 1 is 0.636 bits per heavy atom. The van der Waals surface area contributed by atoms with Crippen LogP contribution in [-0.2, 0) is 0 Å². The van der Waals surface area contributed by atoms with E-state index in [1.54, 1.807) is 0 Å². The van der Waals surface area contributed by atoms with Crippen LogP contribution in [0, 0.1) is 10.8 Å². The van der Waals surface area contributed by atoms with Crippen molar-refractivity contribution in [3.05, 3.63) is 81.0 Å². The van der Waals surface area contributed by atoms with Gasteiger partial charge in [-0.2, -0.15) is 0 Å². The first-order chi connectivity index (χ1) is 10.3. The Labute approximate surface area is 134 Å². The molecule has 0 nitrogen and oxygen atoms in total. The van der Waals surface area contributed by atoms with E-state index in [1.807, 2.05) is 0 Å². The molecule has 0 saturated heterocycles. The van der Waals surface area contributed by atoms with Gasteiger partial charge >= 0.3 is 0 Å². The summed E-state index contributed by atoms with van der Waals surface area (Å²) in [6.45, 7) is 14.0. The summed E-state index contributed by atoms with van der Waals surface area (Å²) in [5, 5.41) is 0. The van der Waals surface area contributed by atoms with Crippen LogP contribution in [-0.4, -0.2) is 0 Å². The maximum atomic E-state index is 2.45. The predicted octanol–water partition coefficient (Wildman–Crippen LogP) is 5.99. The molecule has 0 saturated carbocycles. The van der Waals surface area contributed by atoms with E-state index < -0.39 is 0 Å². The topological polar surface area (TPSA) is 0 Å². The Bertz CT molecular complexity index is 759. The van der Waals surface area contributed by atoms with Crippen molar-refractivity contribution in [2.75, 3.05) is 0 Å². The predicted molar refractivity (Wildman–Crippen MR) is 94.4 cm³/mol. The molecule has 4 aliphatic carbocycles. The average Bonchev–Trinajstić information content (AvgIpc) is 2.42. The minimum absolute atomic E-state index is 0.0425. The molecule has 22 heavy (non-hydrogen) atoms. The molecule has 0 bridgehead atoms. The Balaban J connectivity index is 2.20. The number of hydrogen-bond donors (Lipinski definition) is 0. The lowest BCUT2D eigenvalue weighted by Crippen LogP contribution is -2.49. The molecule has 0 aliphatic heterocycles. The number of hydrogen-bond acceptors (Lipinski definition) is 0. The molecule has 2 unspecified atom stereocenters. The van der Waals surface area contributed by atoms with E-state index in [1.165, 1.54) is 44.6 Å². The fraction of sp³-hybridized carbons (Fsp3) is 0.364. The average molecular weight is 288 g/mol. The van der Waals surface area contributed by atoms with Gasteiger partial charge in [0.1, 0.15) is 0 Å². The number of allylic oxidation sites excluding steroid dienone is 14. The quantitative estimate of drug-likeness (QED) is 0.513. The molecule has 0 N–H and O–H groups in total. The molecule has 0 heteroatoms. The lowest BCUT2D eigenvalue weighted by Gasteiger charge is -2.58. The van der Waals surface area contributed by atoms with E-state index >= 15 is 0 Å². The zero-order valence-corrected chi connectivity index (χ0v) is 14.5. The molecule has 0 aromatic heterocycles. The van der Waals surface area contributed by atoms with Crippen molar-refractivity contribution in [1.29, 1.82) is 0 Å². The highest BCUT2D eigenvalue weighted by atomic mass is 14.6. The monoisotopic (exact) mass is 288 g/mol. The molecule has 0 heterocycles. The summed E-state index contributed by atoms with van der Waals surface area (Å²) in [7, 11) is 0. The Morgan fingerprint density at radius 3 is 1.36 bits per heavy atom. The van der Waals surface area contributed by atoms with Gasteiger partial charge in [0.15, 0.2) is 0 Å². The molecule has 4 rings (SSSR count).